The first-order valence-corrected chi connectivity index (χ1v) is 5.35. The molecule has 0 atom stereocenters. The average Bonchev–Trinajstić information content (AvgIpc) is 2.85. The molecule has 0 amide bonds. The van der Waals surface area contributed by atoms with E-state index in [1.807, 2.05) is 22.5 Å². The fourth-order valence-electron chi connectivity index (χ4n) is 1.82. The molecule has 0 spiro atoms. The van der Waals surface area contributed by atoms with Gasteiger partial charge in [0.05, 0.1) is 37.1 Å². The van der Waals surface area contributed by atoms with E-state index in [2.05, 4.69) is 17.0 Å². The number of aliphatic hydroxyl groups excluding tert-OH is 1. The normalized spacial score (nSPS) is 10.9. The zero-order valence-corrected chi connectivity index (χ0v) is 9.59. The Morgan fingerprint density at radius 2 is 2.25 bits per heavy atom. The summed E-state index contributed by atoms with van der Waals surface area (Å²) in [7, 11) is 1.92. The number of aliphatic hydroxyl groups is 1. The minimum Gasteiger partial charge on any atom is -0.390 e. The average molecular weight is 220 g/mol. The highest BCUT2D eigenvalue weighted by Crippen LogP contribution is 2.11. The third-order valence-electron chi connectivity index (χ3n) is 2.63. The molecule has 0 aliphatic carbocycles. The Bertz CT molecular complexity index is 472. The van der Waals surface area contributed by atoms with Gasteiger partial charge in [-0.3, -0.25) is 4.68 Å². The van der Waals surface area contributed by atoms with E-state index < -0.39 is 0 Å². The van der Waals surface area contributed by atoms with Crippen LogP contribution in [0.4, 0.5) is 0 Å². The summed E-state index contributed by atoms with van der Waals surface area (Å²) >= 11 is 0. The molecule has 2 rings (SSSR count). The number of aryl methyl sites for hydroxylation is 2. The molecule has 0 unspecified atom stereocenters. The van der Waals surface area contributed by atoms with Crippen molar-refractivity contribution < 1.29 is 5.11 Å². The highest BCUT2D eigenvalue weighted by Gasteiger charge is 2.08. The van der Waals surface area contributed by atoms with Crippen LogP contribution in [0.2, 0.25) is 0 Å². The molecule has 0 aliphatic rings. The molecule has 0 saturated carbocycles. The summed E-state index contributed by atoms with van der Waals surface area (Å²) in [5.41, 5.74) is 3.10. The van der Waals surface area contributed by atoms with Crippen molar-refractivity contribution in [3.05, 3.63) is 35.7 Å². The maximum atomic E-state index is 9.14. The Morgan fingerprint density at radius 3 is 2.94 bits per heavy atom. The number of imidazole rings is 1. The molecule has 0 aliphatic heterocycles. The van der Waals surface area contributed by atoms with Crippen LogP contribution in [-0.4, -0.2) is 24.4 Å². The minimum absolute atomic E-state index is 0.0156. The fraction of sp³-hybridized carbons (Fsp3) is 0.455. The van der Waals surface area contributed by atoms with Crippen molar-refractivity contribution in [2.24, 2.45) is 7.05 Å². The van der Waals surface area contributed by atoms with Gasteiger partial charge in [-0.1, -0.05) is 6.92 Å². The van der Waals surface area contributed by atoms with Crippen molar-refractivity contribution >= 4 is 0 Å². The minimum atomic E-state index is 0.0156. The van der Waals surface area contributed by atoms with Crippen molar-refractivity contribution in [2.75, 3.05) is 0 Å². The molecular weight excluding hydrogens is 204 g/mol. The van der Waals surface area contributed by atoms with Gasteiger partial charge < -0.3 is 9.67 Å². The largest absolute Gasteiger partial charge is 0.390 e. The number of nitrogens with zero attached hydrogens (tertiary/aromatic N) is 4. The summed E-state index contributed by atoms with van der Waals surface area (Å²) in [6.45, 7) is 2.82. The van der Waals surface area contributed by atoms with Crippen molar-refractivity contribution in [3.63, 3.8) is 0 Å². The molecular formula is C11H16N4O. The second-order valence-electron chi connectivity index (χ2n) is 3.80. The van der Waals surface area contributed by atoms with Crippen molar-refractivity contribution in [1.82, 2.24) is 19.3 Å². The van der Waals surface area contributed by atoms with E-state index in [1.54, 1.807) is 12.5 Å². The van der Waals surface area contributed by atoms with Crippen LogP contribution in [0, 0.1) is 0 Å². The van der Waals surface area contributed by atoms with Gasteiger partial charge in [-0.2, -0.15) is 5.10 Å². The summed E-state index contributed by atoms with van der Waals surface area (Å²) in [6, 6.07) is 0. The first kappa shape index (κ1) is 10.9. The molecule has 16 heavy (non-hydrogen) atoms. The molecule has 5 nitrogen and oxygen atoms in total. The van der Waals surface area contributed by atoms with Crippen molar-refractivity contribution in [2.45, 2.75) is 26.5 Å². The van der Waals surface area contributed by atoms with Crippen LogP contribution in [0.5, 0.6) is 0 Å². The van der Waals surface area contributed by atoms with Gasteiger partial charge in [0.2, 0.25) is 0 Å². The monoisotopic (exact) mass is 220 g/mol. The lowest BCUT2D eigenvalue weighted by Gasteiger charge is -2.05. The number of hydrogen-bond donors (Lipinski definition) is 1. The Morgan fingerprint density at radius 1 is 1.44 bits per heavy atom. The van der Waals surface area contributed by atoms with Crippen LogP contribution < -0.4 is 0 Å². The number of rotatable bonds is 4. The van der Waals surface area contributed by atoms with Crippen LogP contribution >= 0.6 is 0 Å². The van der Waals surface area contributed by atoms with Gasteiger partial charge in [-0.05, 0) is 6.42 Å². The molecule has 0 saturated heterocycles. The summed E-state index contributed by atoms with van der Waals surface area (Å²) < 4.78 is 3.76. The van der Waals surface area contributed by atoms with E-state index in [0.717, 1.165) is 17.8 Å². The Kier molecular flexibility index (Phi) is 3.05. The van der Waals surface area contributed by atoms with Gasteiger partial charge in [0.15, 0.2) is 0 Å². The van der Waals surface area contributed by atoms with E-state index in [0.29, 0.717) is 6.54 Å². The standard InChI is InChI=1S/C11H16N4O/c1-3-11-9(5-14(2)13-11)6-15-8-12-4-10(15)7-16/h4-5,8,16H,3,6-7H2,1-2H3. The lowest BCUT2D eigenvalue weighted by atomic mass is 10.2. The molecule has 5 heteroatoms. The summed E-state index contributed by atoms with van der Waals surface area (Å²) in [6.07, 6.45) is 6.35. The van der Waals surface area contributed by atoms with Gasteiger partial charge in [0.25, 0.3) is 0 Å². The van der Waals surface area contributed by atoms with E-state index >= 15 is 0 Å². The van der Waals surface area contributed by atoms with Gasteiger partial charge in [-0.25, -0.2) is 4.98 Å². The highest BCUT2D eigenvalue weighted by atomic mass is 16.3. The number of aromatic nitrogens is 4. The van der Waals surface area contributed by atoms with E-state index in [-0.39, 0.29) is 6.61 Å². The van der Waals surface area contributed by atoms with Crippen molar-refractivity contribution in [3.8, 4) is 0 Å². The van der Waals surface area contributed by atoms with E-state index in [9.17, 15) is 0 Å². The van der Waals surface area contributed by atoms with Crippen LogP contribution in [0.25, 0.3) is 0 Å². The highest BCUT2D eigenvalue weighted by molar-refractivity contribution is 5.18. The van der Waals surface area contributed by atoms with E-state index in [4.69, 9.17) is 5.11 Å². The summed E-state index contributed by atoms with van der Waals surface area (Å²) in [4.78, 5) is 4.03. The summed E-state index contributed by atoms with van der Waals surface area (Å²) in [5, 5.41) is 13.5. The first-order chi connectivity index (χ1) is 7.74. The molecule has 2 aromatic heterocycles. The first-order valence-electron chi connectivity index (χ1n) is 5.35. The molecule has 2 aromatic rings. The Hall–Kier alpha value is -1.62. The maximum Gasteiger partial charge on any atom is 0.0952 e. The number of hydrogen-bond acceptors (Lipinski definition) is 3. The smallest absolute Gasteiger partial charge is 0.0952 e. The van der Waals surface area contributed by atoms with Gasteiger partial charge in [-0.15, -0.1) is 0 Å². The molecule has 0 aromatic carbocycles. The van der Waals surface area contributed by atoms with Crippen molar-refractivity contribution in [1.29, 1.82) is 0 Å². The molecule has 0 fully saturated rings. The zero-order chi connectivity index (χ0) is 11.5. The van der Waals surface area contributed by atoms with E-state index in [1.165, 1.54) is 5.56 Å². The van der Waals surface area contributed by atoms with Crippen LogP contribution in [0.1, 0.15) is 23.9 Å². The SMILES string of the molecule is CCc1nn(C)cc1Cn1cncc1CO. The van der Waals surface area contributed by atoms with Crippen LogP contribution in [-0.2, 0) is 26.6 Å². The topological polar surface area (TPSA) is 55.9 Å². The third kappa shape index (κ3) is 1.99. The maximum absolute atomic E-state index is 9.14. The Labute approximate surface area is 94.4 Å². The van der Waals surface area contributed by atoms with Gasteiger partial charge in [0, 0.05) is 18.8 Å². The van der Waals surface area contributed by atoms with Gasteiger partial charge in [0.1, 0.15) is 0 Å². The predicted octanol–water partition coefficient (Wildman–Crippen LogP) is 0.720. The molecule has 86 valence electrons. The Balaban J connectivity index is 2.26. The van der Waals surface area contributed by atoms with Crippen LogP contribution in [0.15, 0.2) is 18.7 Å². The second kappa shape index (κ2) is 4.49. The molecule has 0 bridgehead atoms. The molecule has 2 heterocycles. The quantitative estimate of drug-likeness (QED) is 0.826. The zero-order valence-electron chi connectivity index (χ0n) is 9.59. The van der Waals surface area contributed by atoms with Crippen LogP contribution in [0.3, 0.4) is 0 Å². The predicted molar refractivity (Wildman–Crippen MR) is 59.8 cm³/mol. The summed E-state index contributed by atoms with van der Waals surface area (Å²) in [5.74, 6) is 0. The molecule has 1 N–H and O–H groups in total. The third-order valence-corrected chi connectivity index (χ3v) is 2.63. The van der Waals surface area contributed by atoms with Gasteiger partial charge >= 0.3 is 0 Å². The molecule has 0 radical (unpaired) electrons. The lowest BCUT2D eigenvalue weighted by Crippen LogP contribution is -2.04. The second-order valence-corrected chi connectivity index (χ2v) is 3.80. The fourth-order valence-corrected chi connectivity index (χ4v) is 1.82. The lowest BCUT2D eigenvalue weighted by molar-refractivity contribution is 0.271.